The Hall–Kier alpha value is -3.15. The number of aryl methyl sites for hydroxylation is 1. The normalized spacial score (nSPS) is 16.8. The van der Waals surface area contributed by atoms with Crippen LogP contribution in [0.3, 0.4) is 0 Å². The van der Waals surface area contributed by atoms with Gasteiger partial charge in [-0.2, -0.15) is 0 Å². The molecule has 116 valence electrons. The Labute approximate surface area is 132 Å². The number of carbonyl (C=O) groups excluding carboxylic acids is 3. The Morgan fingerprint density at radius 1 is 1.13 bits per heavy atom. The van der Waals surface area contributed by atoms with Gasteiger partial charge in [0.2, 0.25) is 0 Å². The average molecular weight is 310 g/mol. The van der Waals surface area contributed by atoms with Crippen LogP contribution in [-0.4, -0.2) is 17.8 Å². The number of imide groups is 2. The predicted octanol–water partition coefficient (Wildman–Crippen LogP) is 2.51. The van der Waals surface area contributed by atoms with E-state index in [0.717, 1.165) is 16.9 Å². The van der Waals surface area contributed by atoms with E-state index < -0.39 is 17.8 Å². The average Bonchev–Trinajstić information content (AvgIpc) is 3.05. The van der Waals surface area contributed by atoms with Gasteiger partial charge in [0.1, 0.15) is 11.3 Å². The highest BCUT2D eigenvalue weighted by molar-refractivity contribution is 6.39. The molecule has 0 radical (unpaired) electrons. The van der Waals surface area contributed by atoms with Crippen LogP contribution in [0.25, 0.3) is 6.08 Å². The lowest BCUT2D eigenvalue weighted by atomic mass is 10.1. The Bertz CT molecular complexity index is 789. The van der Waals surface area contributed by atoms with Crippen molar-refractivity contribution in [2.75, 3.05) is 4.90 Å². The molecule has 1 aromatic heterocycles. The molecule has 1 fully saturated rings. The van der Waals surface area contributed by atoms with Gasteiger partial charge in [-0.1, -0.05) is 19.1 Å². The standard InChI is InChI=1S/C17H14N2O4/c1-2-11-5-7-12(8-6-11)19-16(21)14(15(20)18-17(19)22)10-13-4-3-9-23-13/h3-10H,2H2,1H3,(H,18,20,22)/b14-10+. The van der Waals surface area contributed by atoms with Crippen molar-refractivity contribution in [3.8, 4) is 0 Å². The molecule has 3 rings (SSSR count). The number of nitrogens with one attached hydrogen (secondary N) is 1. The zero-order valence-corrected chi connectivity index (χ0v) is 12.4. The van der Waals surface area contributed by atoms with Crippen LogP contribution >= 0.6 is 0 Å². The van der Waals surface area contributed by atoms with Gasteiger partial charge in [-0.05, 0) is 42.3 Å². The molecular formula is C17H14N2O4. The number of nitrogens with zero attached hydrogens (tertiary/aromatic N) is 1. The molecule has 0 saturated carbocycles. The number of furan rings is 1. The molecule has 1 saturated heterocycles. The van der Waals surface area contributed by atoms with E-state index in [1.165, 1.54) is 12.3 Å². The van der Waals surface area contributed by atoms with Crippen molar-refractivity contribution in [1.82, 2.24) is 5.32 Å². The highest BCUT2D eigenvalue weighted by Crippen LogP contribution is 2.22. The Balaban J connectivity index is 1.98. The van der Waals surface area contributed by atoms with Crippen molar-refractivity contribution in [2.24, 2.45) is 0 Å². The van der Waals surface area contributed by atoms with Crippen molar-refractivity contribution in [3.05, 3.63) is 59.6 Å². The third kappa shape index (κ3) is 2.78. The summed E-state index contributed by atoms with van der Waals surface area (Å²) >= 11 is 0. The molecule has 0 aliphatic carbocycles. The predicted molar refractivity (Wildman–Crippen MR) is 83.5 cm³/mol. The molecule has 6 heteroatoms. The van der Waals surface area contributed by atoms with Crippen LogP contribution in [0.5, 0.6) is 0 Å². The molecule has 1 aliphatic heterocycles. The number of urea groups is 1. The van der Waals surface area contributed by atoms with E-state index in [1.54, 1.807) is 24.3 Å². The Morgan fingerprint density at radius 2 is 1.87 bits per heavy atom. The van der Waals surface area contributed by atoms with E-state index in [9.17, 15) is 14.4 Å². The van der Waals surface area contributed by atoms with Gasteiger partial charge in [-0.25, -0.2) is 9.69 Å². The molecule has 23 heavy (non-hydrogen) atoms. The molecule has 2 heterocycles. The number of rotatable bonds is 3. The Kier molecular flexibility index (Phi) is 3.80. The second-order valence-electron chi connectivity index (χ2n) is 4.99. The first-order valence-corrected chi connectivity index (χ1v) is 7.14. The van der Waals surface area contributed by atoms with Crippen LogP contribution < -0.4 is 10.2 Å². The highest BCUT2D eigenvalue weighted by Gasteiger charge is 2.36. The quantitative estimate of drug-likeness (QED) is 0.698. The van der Waals surface area contributed by atoms with Crippen molar-refractivity contribution < 1.29 is 18.8 Å². The van der Waals surface area contributed by atoms with E-state index in [2.05, 4.69) is 5.32 Å². The highest BCUT2D eigenvalue weighted by atomic mass is 16.3. The number of benzene rings is 1. The molecular weight excluding hydrogens is 296 g/mol. The fraction of sp³-hybridized carbons (Fsp3) is 0.118. The van der Waals surface area contributed by atoms with E-state index in [4.69, 9.17) is 4.42 Å². The molecule has 0 unspecified atom stereocenters. The third-order valence-electron chi connectivity index (χ3n) is 3.53. The summed E-state index contributed by atoms with van der Waals surface area (Å²) in [6, 6.07) is 9.52. The first-order valence-electron chi connectivity index (χ1n) is 7.14. The number of amides is 4. The maximum atomic E-state index is 12.6. The molecule has 1 aromatic carbocycles. The lowest BCUT2D eigenvalue weighted by molar-refractivity contribution is -0.122. The van der Waals surface area contributed by atoms with Gasteiger partial charge in [-0.3, -0.25) is 14.9 Å². The van der Waals surface area contributed by atoms with E-state index in [1.807, 2.05) is 19.1 Å². The Morgan fingerprint density at radius 3 is 2.48 bits per heavy atom. The van der Waals surface area contributed by atoms with Gasteiger partial charge >= 0.3 is 6.03 Å². The van der Waals surface area contributed by atoms with Crippen LogP contribution in [0.15, 0.2) is 52.7 Å². The molecule has 2 aromatic rings. The number of hydrogen-bond donors (Lipinski definition) is 1. The summed E-state index contributed by atoms with van der Waals surface area (Å²) in [6.07, 6.45) is 3.60. The summed E-state index contributed by atoms with van der Waals surface area (Å²) in [7, 11) is 0. The fourth-order valence-electron chi connectivity index (χ4n) is 2.29. The topological polar surface area (TPSA) is 79.6 Å². The number of anilines is 1. The molecule has 0 spiro atoms. The van der Waals surface area contributed by atoms with Crippen molar-refractivity contribution in [3.63, 3.8) is 0 Å². The summed E-state index contributed by atoms with van der Waals surface area (Å²) in [6.45, 7) is 2.01. The number of hydrogen-bond acceptors (Lipinski definition) is 4. The van der Waals surface area contributed by atoms with Gasteiger partial charge in [0, 0.05) is 0 Å². The van der Waals surface area contributed by atoms with Gasteiger partial charge in [0.05, 0.1) is 12.0 Å². The minimum atomic E-state index is -0.763. The maximum absolute atomic E-state index is 12.6. The van der Waals surface area contributed by atoms with Crippen molar-refractivity contribution >= 4 is 29.6 Å². The lowest BCUT2D eigenvalue weighted by Crippen LogP contribution is -2.54. The minimum Gasteiger partial charge on any atom is -0.465 e. The second-order valence-corrected chi connectivity index (χ2v) is 4.99. The van der Waals surface area contributed by atoms with E-state index in [-0.39, 0.29) is 5.57 Å². The van der Waals surface area contributed by atoms with Gasteiger partial charge < -0.3 is 4.42 Å². The smallest absolute Gasteiger partial charge is 0.335 e. The maximum Gasteiger partial charge on any atom is 0.335 e. The monoisotopic (exact) mass is 310 g/mol. The van der Waals surface area contributed by atoms with Crippen LogP contribution in [0.4, 0.5) is 10.5 Å². The van der Waals surface area contributed by atoms with Crippen LogP contribution in [0.1, 0.15) is 18.2 Å². The summed E-state index contributed by atoms with van der Waals surface area (Å²) in [5, 5.41) is 2.17. The summed E-state index contributed by atoms with van der Waals surface area (Å²) < 4.78 is 5.12. The molecule has 0 atom stereocenters. The molecule has 4 amide bonds. The van der Waals surface area contributed by atoms with Gasteiger partial charge in [0.15, 0.2) is 0 Å². The molecule has 6 nitrogen and oxygen atoms in total. The minimum absolute atomic E-state index is 0.154. The number of barbiturate groups is 1. The molecule has 1 N–H and O–H groups in total. The summed E-state index contributed by atoms with van der Waals surface area (Å²) in [5.41, 5.74) is 1.34. The van der Waals surface area contributed by atoms with Crippen LogP contribution in [0.2, 0.25) is 0 Å². The van der Waals surface area contributed by atoms with E-state index >= 15 is 0 Å². The first-order chi connectivity index (χ1) is 11.1. The van der Waals surface area contributed by atoms with E-state index in [0.29, 0.717) is 11.4 Å². The third-order valence-corrected chi connectivity index (χ3v) is 3.53. The van der Waals surface area contributed by atoms with Crippen LogP contribution in [0, 0.1) is 0 Å². The summed E-state index contributed by atoms with van der Waals surface area (Å²) in [4.78, 5) is 37.5. The largest absolute Gasteiger partial charge is 0.465 e. The number of carbonyl (C=O) groups is 3. The fourth-order valence-corrected chi connectivity index (χ4v) is 2.29. The van der Waals surface area contributed by atoms with Gasteiger partial charge in [-0.15, -0.1) is 0 Å². The zero-order valence-electron chi connectivity index (χ0n) is 12.4. The van der Waals surface area contributed by atoms with Crippen molar-refractivity contribution in [1.29, 1.82) is 0 Å². The molecule has 1 aliphatic rings. The lowest BCUT2D eigenvalue weighted by Gasteiger charge is -2.26. The van der Waals surface area contributed by atoms with Crippen molar-refractivity contribution in [2.45, 2.75) is 13.3 Å². The summed E-state index contributed by atoms with van der Waals surface area (Å²) in [5.74, 6) is -1.06. The van der Waals surface area contributed by atoms with Crippen LogP contribution in [-0.2, 0) is 16.0 Å². The zero-order chi connectivity index (χ0) is 16.4. The second kappa shape index (κ2) is 5.92. The first kappa shape index (κ1) is 14.8. The molecule has 0 bridgehead atoms. The SMILES string of the molecule is CCc1ccc(N2C(=O)NC(=O)/C(=C\c3ccco3)C2=O)cc1. The van der Waals surface area contributed by atoms with Gasteiger partial charge in [0.25, 0.3) is 11.8 Å².